The summed E-state index contributed by atoms with van der Waals surface area (Å²) >= 11 is 6.05. The number of rotatable bonds is 6. The average Bonchev–Trinajstić information content (AvgIpc) is 2.80. The van der Waals surface area contributed by atoms with Gasteiger partial charge in [-0.05, 0) is 67.3 Å². The lowest BCUT2D eigenvalue weighted by Gasteiger charge is -2.33. The number of nitrogens with one attached hydrogen (secondary N) is 1. The number of anilines is 3. The number of aromatic nitrogens is 2. The zero-order chi connectivity index (χ0) is 20.9. The first-order valence-electron chi connectivity index (χ1n) is 10.1. The molecule has 0 amide bonds. The molecule has 2 heterocycles. The molecular weight excluding hydrogens is 435 g/mol. The molecule has 0 aliphatic carbocycles. The van der Waals surface area contributed by atoms with Crippen LogP contribution in [0.15, 0.2) is 54.6 Å². The van der Waals surface area contributed by atoms with Crippen LogP contribution in [0.4, 0.5) is 17.3 Å². The van der Waals surface area contributed by atoms with Crippen molar-refractivity contribution in [3.8, 4) is 17.1 Å². The largest absolute Gasteiger partial charge is 0.497 e. The van der Waals surface area contributed by atoms with E-state index in [0.29, 0.717) is 16.7 Å². The van der Waals surface area contributed by atoms with Gasteiger partial charge in [-0.2, -0.15) is 0 Å². The van der Waals surface area contributed by atoms with Crippen LogP contribution in [0.1, 0.15) is 12.8 Å². The Hall–Kier alpha value is -2.54. The van der Waals surface area contributed by atoms with Gasteiger partial charge in [-0.15, -0.1) is 12.4 Å². The van der Waals surface area contributed by atoms with E-state index in [2.05, 4.69) is 10.2 Å². The minimum absolute atomic E-state index is 0. The van der Waals surface area contributed by atoms with Crippen LogP contribution in [0.25, 0.3) is 11.4 Å². The maximum atomic E-state index is 9.61. The molecule has 1 unspecified atom stereocenters. The Balaban J connectivity index is 0.00000272. The summed E-state index contributed by atoms with van der Waals surface area (Å²) in [7, 11) is 1.65. The maximum Gasteiger partial charge on any atom is 0.163 e. The van der Waals surface area contributed by atoms with E-state index in [9.17, 15) is 5.11 Å². The zero-order valence-electron chi connectivity index (χ0n) is 17.3. The van der Waals surface area contributed by atoms with Crippen molar-refractivity contribution in [2.75, 3.05) is 37.0 Å². The summed E-state index contributed by atoms with van der Waals surface area (Å²) in [6, 6.07) is 17.2. The Labute approximate surface area is 193 Å². The lowest BCUT2D eigenvalue weighted by molar-refractivity contribution is 0.208. The molecule has 1 atom stereocenters. The third-order valence-corrected chi connectivity index (χ3v) is 5.53. The fourth-order valence-corrected chi connectivity index (χ4v) is 3.76. The molecule has 0 saturated carbocycles. The average molecular weight is 461 g/mol. The predicted octanol–water partition coefficient (Wildman–Crippen LogP) is 5.18. The molecule has 6 nitrogen and oxygen atoms in total. The zero-order valence-corrected chi connectivity index (χ0v) is 18.9. The highest BCUT2D eigenvalue weighted by Crippen LogP contribution is 2.28. The van der Waals surface area contributed by atoms with Crippen LogP contribution in [0.5, 0.6) is 5.75 Å². The van der Waals surface area contributed by atoms with Gasteiger partial charge in [-0.25, -0.2) is 9.97 Å². The number of hydrogen-bond acceptors (Lipinski definition) is 6. The number of hydrogen-bond donors (Lipinski definition) is 2. The van der Waals surface area contributed by atoms with E-state index in [1.165, 1.54) is 0 Å². The summed E-state index contributed by atoms with van der Waals surface area (Å²) in [5.74, 6) is 3.26. The molecule has 0 spiro atoms. The second-order valence-electron chi connectivity index (χ2n) is 7.43. The molecule has 31 heavy (non-hydrogen) atoms. The van der Waals surface area contributed by atoms with Gasteiger partial charge in [-0.1, -0.05) is 11.6 Å². The topological polar surface area (TPSA) is 70.5 Å². The molecule has 8 heteroatoms. The maximum absolute atomic E-state index is 9.61. The lowest BCUT2D eigenvalue weighted by Crippen LogP contribution is -2.37. The monoisotopic (exact) mass is 460 g/mol. The van der Waals surface area contributed by atoms with Gasteiger partial charge in [0.05, 0.1) is 7.11 Å². The number of aliphatic hydroxyl groups is 1. The fraction of sp³-hybridized carbons (Fsp3) is 0.304. The Morgan fingerprint density at radius 1 is 1.13 bits per heavy atom. The first-order chi connectivity index (χ1) is 14.6. The molecule has 3 aromatic rings. The first kappa shape index (κ1) is 23.1. The second kappa shape index (κ2) is 10.7. The number of ether oxygens (including phenoxy) is 1. The van der Waals surface area contributed by atoms with Crippen molar-refractivity contribution in [3.63, 3.8) is 0 Å². The Kier molecular flexibility index (Phi) is 7.96. The highest BCUT2D eigenvalue weighted by atomic mass is 35.5. The first-order valence-corrected chi connectivity index (χ1v) is 10.4. The molecule has 1 aliphatic rings. The normalized spacial score (nSPS) is 15.8. The Bertz CT molecular complexity index is 984. The molecule has 1 aliphatic heterocycles. The number of nitrogens with zero attached hydrogens (tertiary/aromatic N) is 3. The number of methoxy groups -OCH3 is 1. The van der Waals surface area contributed by atoms with E-state index < -0.39 is 0 Å². The standard InChI is InChI=1S/C23H25ClN4O2.ClH/c1-30-20-10-8-19(9-11-20)25-21-13-22(28-12-2-3-16(14-28)15-29)27-23(26-21)17-4-6-18(24)7-5-17;/h4-11,13,16,29H,2-3,12,14-15H2,1H3,(H,25,26,27);1H. The van der Waals surface area contributed by atoms with Gasteiger partial charge in [0.25, 0.3) is 0 Å². The van der Waals surface area contributed by atoms with Gasteiger partial charge in [0.2, 0.25) is 0 Å². The van der Waals surface area contributed by atoms with E-state index in [4.69, 9.17) is 26.3 Å². The summed E-state index contributed by atoms with van der Waals surface area (Å²) in [5, 5.41) is 13.7. The van der Waals surface area contributed by atoms with E-state index in [1.807, 2.05) is 54.6 Å². The molecular formula is C23H26Cl2N4O2. The Morgan fingerprint density at radius 2 is 1.87 bits per heavy atom. The molecule has 1 fully saturated rings. The van der Waals surface area contributed by atoms with Crippen molar-refractivity contribution in [3.05, 3.63) is 59.6 Å². The van der Waals surface area contributed by atoms with E-state index >= 15 is 0 Å². The van der Waals surface area contributed by atoms with Crippen LogP contribution in [-0.4, -0.2) is 41.9 Å². The molecule has 4 rings (SSSR count). The van der Waals surface area contributed by atoms with Crippen molar-refractivity contribution in [1.82, 2.24) is 9.97 Å². The third kappa shape index (κ3) is 5.79. The molecule has 2 aromatic carbocycles. The van der Waals surface area contributed by atoms with Crippen LogP contribution in [0.2, 0.25) is 5.02 Å². The lowest BCUT2D eigenvalue weighted by atomic mass is 9.99. The molecule has 0 bridgehead atoms. The molecule has 1 aromatic heterocycles. The fourth-order valence-electron chi connectivity index (χ4n) is 3.63. The summed E-state index contributed by atoms with van der Waals surface area (Å²) in [6.07, 6.45) is 2.08. The quantitative estimate of drug-likeness (QED) is 0.527. The summed E-state index contributed by atoms with van der Waals surface area (Å²) in [5.41, 5.74) is 1.81. The van der Waals surface area contributed by atoms with Crippen molar-refractivity contribution in [1.29, 1.82) is 0 Å². The van der Waals surface area contributed by atoms with Crippen molar-refractivity contribution in [2.45, 2.75) is 12.8 Å². The van der Waals surface area contributed by atoms with Gasteiger partial charge in [0.15, 0.2) is 5.82 Å². The van der Waals surface area contributed by atoms with Gasteiger partial charge < -0.3 is 20.1 Å². The SMILES string of the molecule is COc1ccc(Nc2cc(N3CCCC(CO)C3)nc(-c3ccc(Cl)cc3)n2)cc1.Cl. The third-order valence-electron chi connectivity index (χ3n) is 5.28. The van der Waals surface area contributed by atoms with Crippen LogP contribution >= 0.6 is 24.0 Å². The summed E-state index contributed by atoms with van der Waals surface area (Å²) in [4.78, 5) is 11.8. The van der Waals surface area contributed by atoms with E-state index in [1.54, 1.807) is 7.11 Å². The van der Waals surface area contributed by atoms with Gasteiger partial charge in [-0.3, -0.25) is 0 Å². The van der Waals surface area contributed by atoms with Crippen LogP contribution < -0.4 is 15.0 Å². The second-order valence-corrected chi connectivity index (χ2v) is 7.87. The predicted molar refractivity (Wildman–Crippen MR) is 128 cm³/mol. The number of piperidine rings is 1. The van der Waals surface area contributed by atoms with Gasteiger partial charge >= 0.3 is 0 Å². The van der Waals surface area contributed by atoms with Gasteiger partial charge in [0.1, 0.15) is 17.4 Å². The molecule has 164 valence electrons. The van der Waals surface area contributed by atoms with Crippen molar-refractivity contribution >= 4 is 41.3 Å². The Morgan fingerprint density at radius 3 is 2.55 bits per heavy atom. The van der Waals surface area contributed by atoms with Crippen LogP contribution in [0.3, 0.4) is 0 Å². The minimum atomic E-state index is 0. The smallest absolute Gasteiger partial charge is 0.163 e. The molecule has 1 saturated heterocycles. The van der Waals surface area contributed by atoms with Crippen LogP contribution in [0, 0.1) is 5.92 Å². The minimum Gasteiger partial charge on any atom is -0.497 e. The van der Waals surface area contributed by atoms with Crippen LogP contribution in [-0.2, 0) is 0 Å². The summed E-state index contributed by atoms with van der Waals surface area (Å²) in [6.45, 7) is 1.90. The number of halogens is 2. The summed E-state index contributed by atoms with van der Waals surface area (Å²) < 4.78 is 5.23. The van der Waals surface area contributed by atoms with Gasteiger partial charge in [0, 0.05) is 42.0 Å². The number of benzene rings is 2. The van der Waals surface area contributed by atoms with E-state index in [0.717, 1.165) is 48.7 Å². The molecule has 0 radical (unpaired) electrons. The van der Waals surface area contributed by atoms with E-state index in [-0.39, 0.29) is 24.9 Å². The van der Waals surface area contributed by atoms with Crippen molar-refractivity contribution in [2.24, 2.45) is 5.92 Å². The van der Waals surface area contributed by atoms with Crippen molar-refractivity contribution < 1.29 is 9.84 Å². The highest BCUT2D eigenvalue weighted by Gasteiger charge is 2.21. The highest BCUT2D eigenvalue weighted by molar-refractivity contribution is 6.30. The molecule has 2 N–H and O–H groups in total. The number of aliphatic hydroxyl groups excluding tert-OH is 1.